The number of rotatable bonds is 8. The fourth-order valence-corrected chi connectivity index (χ4v) is 5.40. The van der Waals surface area contributed by atoms with Crippen LogP contribution in [0.15, 0.2) is 40.8 Å². The van der Waals surface area contributed by atoms with Crippen LogP contribution >= 0.6 is 0 Å². The third kappa shape index (κ3) is 5.36. The molecule has 2 aromatic heterocycles. The lowest BCUT2D eigenvalue weighted by atomic mass is 9.95. The number of carbonyl (C=O) groups excluding carboxylic acids is 1. The van der Waals surface area contributed by atoms with Crippen LogP contribution in [0, 0.1) is 0 Å². The molecule has 1 amide bonds. The number of piperidine rings is 1. The predicted octanol–water partition coefficient (Wildman–Crippen LogP) is 5.63. The number of fused-ring (bicyclic) bond motifs is 1. The number of nitrogens with zero attached hydrogens (tertiary/aromatic N) is 3. The van der Waals surface area contributed by atoms with E-state index >= 15 is 0 Å². The first kappa shape index (κ1) is 26.7. The lowest BCUT2D eigenvalue weighted by Crippen LogP contribution is -2.46. The van der Waals surface area contributed by atoms with E-state index < -0.39 is 0 Å². The molecule has 9 nitrogen and oxygen atoms in total. The van der Waals surface area contributed by atoms with Crippen molar-refractivity contribution < 1.29 is 18.7 Å². The molecule has 39 heavy (non-hydrogen) atoms. The van der Waals surface area contributed by atoms with Gasteiger partial charge in [0.25, 0.3) is 0 Å². The number of hydrogen-bond donors (Lipinski definition) is 2. The van der Waals surface area contributed by atoms with Crippen molar-refractivity contribution in [2.24, 2.45) is 0 Å². The van der Waals surface area contributed by atoms with E-state index in [0.717, 1.165) is 53.7 Å². The first-order valence-electron chi connectivity index (χ1n) is 13.6. The van der Waals surface area contributed by atoms with E-state index in [2.05, 4.69) is 53.1 Å². The van der Waals surface area contributed by atoms with Gasteiger partial charge >= 0.3 is 11.8 Å². The van der Waals surface area contributed by atoms with Crippen LogP contribution in [0.1, 0.15) is 62.7 Å². The molecule has 3 heterocycles. The highest BCUT2D eigenvalue weighted by atomic mass is 16.5. The van der Waals surface area contributed by atoms with E-state index in [-0.39, 0.29) is 23.8 Å². The van der Waals surface area contributed by atoms with Gasteiger partial charge in [-0.3, -0.25) is 4.79 Å². The van der Waals surface area contributed by atoms with Crippen LogP contribution in [0.4, 0.5) is 0 Å². The Morgan fingerprint density at radius 2 is 1.72 bits per heavy atom. The molecule has 0 saturated carbocycles. The Morgan fingerprint density at radius 1 is 1.00 bits per heavy atom. The van der Waals surface area contributed by atoms with Crippen molar-refractivity contribution in [3.8, 4) is 34.2 Å². The van der Waals surface area contributed by atoms with Gasteiger partial charge in [-0.1, -0.05) is 13.8 Å². The zero-order chi connectivity index (χ0) is 27.7. The van der Waals surface area contributed by atoms with Crippen molar-refractivity contribution in [3.63, 3.8) is 0 Å². The maximum atomic E-state index is 12.8. The number of nitrogens with one attached hydrogen (secondary N) is 2. The number of hydrogen-bond acceptors (Lipinski definition) is 7. The van der Waals surface area contributed by atoms with Crippen LogP contribution < -0.4 is 14.8 Å². The van der Waals surface area contributed by atoms with Crippen molar-refractivity contribution in [3.05, 3.63) is 47.9 Å². The quantitative estimate of drug-likeness (QED) is 0.304. The number of benzene rings is 2. The minimum absolute atomic E-state index is 0.0134. The van der Waals surface area contributed by atoms with Gasteiger partial charge in [-0.15, -0.1) is 10.2 Å². The van der Waals surface area contributed by atoms with E-state index in [1.54, 1.807) is 14.2 Å². The first-order chi connectivity index (χ1) is 18.8. The number of aromatic nitrogens is 3. The number of carbonyl (C=O) groups is 1. The monoisotopic (exact) mass is 531 g/mol. The molecule has 9 heteroatoms. The minimum atomic E-state index is -0.321. The van der Waals surface area contributed by atoms with Crippen LogP contribution in [-0.4, -0.2) is 65.4 Å². The molecule has 4 aromatic rings. The Labute approximate surface area is 228 Å². The summed E-state index contributed by atoms with van der Waals surface area (Å²) in [6.45, 7) is 10.7. The highest BCUT2D eigenvalue weighted by Crippen LogP contribution is 2.40. The summed E-state index contributed by atoms with van der Waals surface area (Å²) in [5, 5.41) is 12.4. The molecule has 1 aliphatic heterocycles. The summed E-state index contributed by atoms with van der Waals surface area (Å²) < 4.78 is 16.8. The van der Waals surface area contributed by atoms with Crippen LogP contribution in [0.3, 0.4) is 0 Å². The van der Waals surface area contributed by atoms with Gasteiger partial charge in [0.2, 0.25) is 5.89 Å². The highest BCUT2D eigenvalue weighted by molar-refractivity contribution is 5.94. The third-order valence-electron chi connectivity index (χ3n) is 7.55. The molecule has 0 aliphatic carbocycles. The summed E-state index contributed by atoms with van der Waals surface area (Å²) in [6, 6.07) is 12.5. The minimum Gasteiger partial charge on any atom is -0.493 e. The van der Waals surface area contributed by atoms with Crippen molar-refractivity contribution >= 4 is 16.8 Å². The van der Waals surface area contributed by atoms with Gasteiger partial charge in [0.1, 0.15) is 0 Å². The molecule has 1 aliphatic rings. The maximum Gasteiger partial charge on any atom is 0.309 e. The molecule has 0 radical (unpaired) electrons. The zero-order valence-electron chi connectivity index (χ0n) is 23.5. The Morgan fingerprint density at radius 3 is 2.38 bits per heavy atom. The summed E-state index contributed by atoms with van der Waals surface area (Å²) in [6.07, 6.45) is 1.82. The fraction of sp³-hybridized carbons (Fsp3) is 0.433. The van der Waals surface area contributed by atoms with Gasteiger partial charge in [0.15, 0.2) is 11.5 Å². The van der Waals surface area contributed by atoms with Crippen molar-refractivity contribution in [2.75, 3.05) is 27.3 Å². The Balaban J connectivity index is 1.40. The third-order valence-corrected chi connectivity index (χ3v) is 7.55. The maximum absolute atomic E-state index is 12.8. The number of methoxy groups -OCH3 is 2. The topological polar surface area (TPSA) is 106 Å². The van der Waals surface area contributed by atoms with Crippen molar-refractivity contribution in [2.45, 2.75) is 58.5 Å². The van der Waals surface area contributed by atoms with Gasteiger partial charge in [-0.2, -0.15) is 0 Å². The lowest BCUT2D eigenvalue weighted by molar-refractivity contribution is 0.0867. The van der Waals surface area contributed by atoms with E-state index in [9.17, 15) is 4.79 Å². The van der Waals surface area contributed by atoms with E-state index in [0.29, 0.717) is 23.4 Å². The molecule has 1 saturated heterocycles. The SMILES string of the molecule is COc1ccc(-c2[nH]c3ccc(-c4nnc(C(=O)NC5CCN(C(C)C)CC5)o4)cc3c2C(C)C)cc1OC. The molecule has 5 rings (SSSR count). The van der Waals surface area contributed by atoms with Crippen LogP contribution in [0.2, 0.25) is 0 Å². The molecule has 0 bridgehead atoms. The van der Waals surface area contributed by atoms with Gasteiger partial charge in [-0.25, -0.2) is 0 Å². The lowest BCUT2D eigenvalue weighted by Gasteiger charge is -2.34. The summed E-state index contributed by atoms with van der Waals surface area (Å²) in [7, 11) is 3.27. The molecule has 1 fully saturated rings. The average molecular weight is 532 g/mol. The van der Waals surface area contributed by atoms with Gasteiger partial charge in [-0.05, 0) is 74.6 Å². The summed E-state index contributed by atoms with van der Waals surface area (Å²) in [4.78, 5) is 18.8. The molecule has 0 unspecified atom stereocenters. The normalized spacial score (nSPS) is 14.9. The first-order valence-corrected chi connectivity index (χ1v) is 13.6. The smallest absolute Gasteiger partial charge is 0.309 e. The molecule has 0 spiro atoms. The molecule has 0 atom stereocenters. The summed E-state index contributed by atoms with van der Waals surface area (Å²) in [5.74, 6) is 1.58. The second-order valence-corrected chi connectivity index (χ2v) is 10.7. The van der Waals surface area contributed by atoms with Crippen LogP contribution in [0.5, 0.6) is 11.5 Å². The Hall–Kier alpha value is -3.85. The molecule has 2 aromatic carbocycles. The Kier molecular flexibility index (Phi) is 7.61. The number of ether oxygens (including phenoxy) is 2. The van der Waals surface area contributed by atoms with E-state index in [4.69, 9.17) is 13.9 Å². The zero-order valence-corrected chi connectivity index (χ0v) is 23.5. The molecular formula is C30H37N5O4. The van der Waals surface area contributed by atoms with Crippen LogP contribution in [0.25, 0.3) is 33.6 Å². The van der Waals surface area contributed by atoms with E-state index in [1.165, 1.54) is 5.56 Å². The van der Waals surface area contributed by atoms with Gasteiger partial charge < -0.3 is 29.1 Å². The molecular weight excluding hydrogens is 494 g/mol. The number of H-pyrrole nitrogens is 1. The average Bonchev–Trinajstić information content (AvgIpc) is 3.58. The number of amides is 1. The predicted molar refractivity (Wildman–Crippen MR) is 151 cm³/mol. The number of aromatic amines is 1. The van der Waals surface area contributed by atoms with Crippen LogP contribution in [-0.2, 0) is 0 Å². The standard InChI is InChI=1S/C30H37N5O4/c1-17(2)26-22-15-20(7-9-23(22)32-27(26)19-8-10-24(37-5)25(16-19)38-6)29-33-34-30(39-29)28(36)31-21-11-13-35(14-12-21)18(3)4/h7-10,15-18,21,32H,11-14H2,1-6H3,(H,31,36). The fourth-order valence-electron chi connectivity index (χ4n) is 5.40. The van der Waals surface area contributed by atoms with Crippen molar-refractivity contribution in [1.29, 1.82) is 0 Å². The second kappa shape index (κ2) is 11.1. The molecule has 2 N–H and O–H groups in total. The molecule has 206 valence electrons. The largest absolute Gasteiger partial charge is 0.493 e. The van der Waals surface area contributed by atoms with E-state index in [1.807, 2.05) is 36.4 Å². The summed E-state index contributed by atoms with van der Waals surface area (Å²) >= 11 is 0. The summed E-state index contributed by atoms with van der Waals surface area (Å²) in [5.41, 5.74) is 4.96. The number of likely N-dealkylation sites (tertiary alicyclic amines) is 1. The van der Waals surface area contributed by atoms with Crippen molar-refractivity contribution in [1.82, 2.24) is 25.4 Å². The van der Waals surface area contributed by atoms with Gasteiger partial charge in [0.05, 0.1) is 19.9 Å². The second-order valence-electron chi connectivity index (χ2n) is 10.7. The van der Waals surface area contributed by atoms with Gasteiger partial charge in [0, 0.05) is 47.2 Å². The Bertz CT molecular complexity index is 1460. The highest BCUT2D eigenvalue weighted by Gasteiger charge is 2.25.